The Labute approximate surface area is 170 Å². The average molecular weight is 424 g/mol. The van der Waals surface area contributed by atoms with Gasteiger partial charge < -0.3 is 10.1 Å². The molecule has 0 aliphatic heterocycles. The van der Waals surface area contributed by atoms with E-state index in [0.29, 0.717) is 28.8 Å². The van der Waals surface area contributed by atoms with E-state index in [0.717, 1.165) is 18.4 Å². The smallest absolute Gasteiger partial charge is 0.175 e. The van der Waals surface area contributed by atoms with E-state index >= 15 is 0 Å². The molecule has 4 rings (SSSR count). The van der Waals surface area contributed by atoms with Crippen LogP contribution in [0.25, 0.3) is 0 Å². The van der Waals surface area contributed by atoms with Crippen molar-refractivity contribution in [2.24, 2.45) is 0 Å². The van der Waals surface area contributed by atoms with Gasteiger partial charge in [0.1, 0.15) is 17.7 Å². The first-order valence-electron chi connectivity index (χ1n) is 9.52. The van der Waals surface area contributed by atoms with Gasteiger partial charge in [-0.05, 0) is 61.2 Å². The molecule has 2 atom stereocenters. The van der Waals surface area contributed by atoms with Crippen molar-refractivity contribution in [1.29, 1.82) is 0 Å². The van der Waals surface area contributed by atoms with Gasteiger partial charge in [0.25, 0.3) is 0 Å². The second kappa shape index (κ2) is 7.65. The van der Waals surface area contributed by atoms with Crippen LogP contribution >= 0.6 is 11.6 Å². The lowest BCUT2D eigenvalue weighted by molar-refractivity contribution is 0.160. The summed E-state index contributed by atoms with van der Waals surface area (Å²) in [6.45, 7) is 0. The highest BCUT2D eigenvalue weighted by Gasteiger charge is 2.38. The van der Waals surface area contributed by atoms with Crippen molar-refractivity contribution < 1.29 is 17.5 Å². The lowest BCUT2D eigenvalue weighted by Crippen LogP contribution is -2.41. The molecule has 4 nitrogen and oxygen atoms in total. The Balaban J connectivity index is 1.63. The van der Waals surface area contributed by atoms with Gasteiger partial charge in [0.2, 0.25) is 0 Å². The van der Waals surface area contributed by atoms with E-state index in [1.54, 1.807) is 18.2 Å². The fourth-order valence-electron chi connectivity index (χ4n) is 4.24. The van der Waals surface area contributed by atoms with Gasteiger partial charge >= 0.3 is 0 Å². The fraction of sp³-hybridized carbons (Fsp3) is 0.429. The Bertz CT molecular complexity index is 972. The van der Waals surface area contributed by atoms with Crippen LogP contribution in [0.1, 0.15) is 42.9 Å². The van der Waals surface area contributed by atoms with Crippen LogP contribution in [-0.4, -0.2) is 26.8 Å². The van der Waals surface area contributed by atoms with E-state index in [1.165, 1.54) is 37.3 Å². The van der Waals surface area contributed by atoms with Gasteiger partial charge in [-0.2, -0.15) is 0 Å². The van der Waals surface area contributed by atoms with Crippen LogP contribution in [0.5, 0.6) is 5.75 Å². The lowest BCUT2D eigenvalue weighted by atomic mass is 10.1. The predicted octanol–water partition coefficient (Wildman–Crippen LogP) is 4.46. The topological polar surface area (TPSA) is 55.4 Å². The van der Waals surface area contributed by atoms with E-state index in [-0.39, 0.29) is 22.9 Å². The Morgan fingerprint density at radius 2 is 1.82 bits per heavy atom. The quantitative estimate of drug-likeness (QED) is 0.771. The number of fused-ring (bicyclic) bond motifs is 1. The molecule has 0 unspecified atom stereocenters. The average Bonchev–Trinajstić information content (AvgIpc) is 3.25. The molecule has 28 heavy (non-hydrogen) atoms. The van der Waals surface area contributed by atoms with Gasteiger partial charge in [-0.25, -0.2) is 12.8 Å². The summed E-state index contributed by atoms with van der Waals surface area (Å²) in [4.78, 5) is 0.237. The molecule has 0 aromatic heterocycles. The molecular weight excluding hydrogens is 401 g/mol. The summed E-state index contributed by atoms with van der Waals surface area (Å²) in [5, 5.41) is 3.99. The molecule has 7 heteroatoms. The van der Waals surface area contributed by atoms with Crippen molar-refractivity contribution in [2.75, 3.05) is 6.26 Å². The molecule has 0 radical (unpaired) electrons. The maximum Gasteiger partial charge on any atom is 0.175 e. The van der Waals surface area contributed by atoms with Gasteiger partial charge in [-0.15, -0.1) is 0 Å². The third-order valence-corrected chi connectivity index (χ3v) is 6.96. The number of ether oxygens (including phenoxy) is 1. The van der Waals surface area contributed by atoms with E-state index in [2.05, 4.69) is 5.32 Å². The number of sulfone groups is 1. The zero-order valence-corrected chi connectivity index (χ0v) is 17.2. The minimum Gasteiger partial charge on any atom is -0.484 e. The SMILES string of the molecule is CS(=O)(=O)c1ccc(O[C@@H]2c3cc(Cl)cc(F)c3C[C@@H]2NC2CCCC2)cc1. The summed E-state index contributed by atoms with van der Waals surface area (Å²) in [6.07, 6.45) is 5.97. The molecule has 2 aromatic carbocycles. The molecule has 0 amide bonds. The zero-order valence-electron chi connectivity index (χ0n) is 15.6. The van der Waals surface area contributed by atoms with Gasteiger partial charge in [-0.3, -0.25) is 0 Å². The summed E-state index contributed by atoms with van der Waals surface area (Å²) in [5.74, 6) is 0.239. The maximum absolute atomic E-state index is 14.5. The molecule has 0 heterocycles. The van der Waals surface area contributed by atoms with Crippen LogP contribution in [0.4, 0.5) is 4.39 Å². The number of nitrogens with one attached hydrogen (secondary N) is 1. The third-order valence-electron chi connectivity index (χ3n) is 5.61. The molecule has 0 saturated heterocycles. The molecule has 2 aromatic rings. The molecule has 0 spiro atoms. The molecule has 2 aliphatic rings. The standard InChI is InChI=1S/C21H23ClFNO3S/c1-28(25,26)16-8-6-15(7-9-16)27-21-18-10-13(22)11-19(23)17(18)12-20(21)24-14-4-2-3-5-14/h6-11,14,20-21,24H,2-5,12H2,1H3/t20-,21+/m0/s1. The van der Waals surface area contributed by atoms with E-state index in [1.807, 2.05) is 0 Å². The Hall–Kier alpha value is -1.63. The second-order valence-electron chi connectivity index (χ2n) is 7.70. The van der Waals surface area contributed by atoms with Crippen LogP contribution in [0, 0.1) is 5.82 Å². The van der Waals surface area contributed by atoms with Crippen molar-refractivity contribution >= 4 is 21.4 Å². The largest absolute Gasteiger partial charge is 0.484 e. The van der Waals surface area contributed by atoms with Crippen molar-refractivity contribution in [3.8, 4) is 5.75 Å². The molecule has 1 fully saturated rings. The van der Waals surface area contributed by atoms with Crippen molar-refractivity contribution in [1.82, 2.24) is 5.32 Å². The van der Waals surface area contributed by atoms with E-state index in [9.17, 15) is 12.8 Å². The Morgan fingerprint density at radius 1 is 1.14 bits per heavy atom. The molecule has 2 aliphatic carbocycles. The second-order valence-corrected chi connectivity index (χ2v) is 10.1. The number of hydrogen-bond acceptors (Lipinski definition) is 4. The highest BCUT2D eigenvalue weighted by atomic mass is 35.5. The molecular formula is C21H23ClFNO3S. The maximum atomic E-state index is 14.5. The Kier molecular flexibility index (Phi) is 5.38. The third kappa shape index (κ3) is 4.04. The van der Waals surface area contributed by atoms with Gasteiger partial charge in [0.15, 0.2) is 9.84 Å². The summed E-state index contributed by atoms with van der Waals surface area (Å²) >= 11 is 6.10. The van der Waals surface area contributed by atoms with E-state index < -0.39 is 9.84 Å². The normalized spacial score (nSPS) is 22.4. The number of benzene rings is 2. The number of halogens is 2. The molecule has 1 N–H and O–H groups in total. The van der Waals surface area contributed by atoms with Gasteiger partial charge in [0.05, 0.1) is 10.9 Å². The highest BCUT2D eigenvalue weighted by Crippen LogP contribution is 2.39. The summed E-state index contributed by atoms with van der Waals surface area (Å²) in [5.41, 5.74) is 1.39. The first-order valence-corrected chi connectivity index (χ1v) is 11.8. The summed E-state index contributed by atoms with van der Waals surface area (Å²) < 4.78 is 44.1. The van der Waals surface area contributed by atoms with Crippen LogP contribution < -0.4 is 10.1 Å². The number of hydrogen-bond donors (Lipinski definition) is 1. The minimum absolute atomic E-state index is 0.0550. The molecule has 150 valence electrons. The Morgan fingerprint density at radius 3 is 2.46 bits per heavy atom. The lowest BCUT2D eigenvalue weighted by Gasteiger charge is -2.26. The van der Waals surface area contributed by atoms with Crippen LogP contribution in [0.3, 0.4) is 0 Å². The molecule has 1 saturated carbocycles. The summed E-state index contributed by atoms with van der Waals surface area (Å²) in [6, 6.07) is 9.81. The van der Waals surface area contributed by atoms with Crippen LogP contribution in [0.2, 0.25) is 5.02 Å². The van der Waals surface area contributed by atoms with Gasteiger partial charge in [0, 0.05) is 22.9 Å². The monoisotopic (exact) mass is 423 g/mol. The van der Waals surface area contributed by atoms with Crippen molar-refractivity contribution in [3.63, 3.8) is 0 Å². The minimum atomic E-state index is -3.27. The highest BCUT2D eigenvalue weighted by molar-refractivity contribution is 7.90. The van der Waals surface area contributed by atoms with Crippen LogP contribution in [0.15, 0.2) is 41.3 Å². The first kappa shape index (κ1) is 19.7. The van der Waals surface area contributed by atoms with Crippen LogP contribution in [-0.2, 0) is 16.3 Å². The molecule has 0 bridgehead atoms. The van der Waals surface area contributed by atoms with Crippen molar-refractivity contribution in [3.05, 3.63) is 58.4 Å². The van der Waals surface area contributed by atoms with Gasteiger partial charge in [-0.1, -0.05) is 24.4 Å². The predicted molar refractivity (Wildman–Crippen MR) is 107 cm³/mol. The van der Waals surface area contributed by atoms with E-state index in [4.69, 9.17) is 16.3 Å². The fourth-order valence-corrected chi connectivity index (χ4v) is 5.08. The summed E-state index contributed by atoms with van der Waals surface area (Å²) in [7, 11) is -3.27. The first-order chi connectivity index (χ1) is 13.3. The zero-order chi connectivity index (χ0) is 19.9. The number of rotatable bonds is 5. The van der Waals surface area contributed by atoms with Crippen molar-refractivity contribution in [2.45, 2.75) is 55.2 Å².